The van der Waals surface area contributed by atoms with Crippen molar-refractivity contribution in [1.29, 1.82) is 0 Å². The van der Waals surface area contributed by atoms with Crippen LogP contribution in [0.4, 0.5) is 0 Å². The Bertz CT molecular complexity index is 2550. The second-order valence-electron chi connectivity index (χ2n) is 13.0. The monoisotopic (exact) mass is 691 g/mol. The zero-order valence-corrected chi connectivity index (χ0v) is 29.3. The van der Waals surface area contributed by atoms with Gasteiger partial charge >= 0.3 is 0 Å². The maximum absolute atomic E-state index is 5.12. The summed E-state index contributed by atoms with van der Waals surface area (Å²) in [4.78, 5) is 24.7. The van der Waals surface area contributed by atoms with E-state index in [9.17, 15) is 0 Å². The maximum Gasteiger partial charge on any atom is 0.160 e. The Kier molecular flexibility index (Phi) is 8.86. The van der Waals surface area contributed by atoms with Crippen LogP contribution in [0, 0.1) is 0 Å². The van der Waals surface area contributed by atoms with E-state index in [4.69, 9.17) is 19.9 Å². The third-order valence-corrected chi connectivity index (χ3v) is 9.38. The van der Waals surface area contributed by atoms with Crippen molar-refractivity contribution in [3.8, 4) is 90.1 Å². The van der Waals surface area contributed by atoms with E-state index in [0.717, 1.165) is 84.2 Å². The first-order chi connectivity index (χ1) is 26.7. The summed E-state index contributed by atoms with van der Waals surface area (Å²) in [5, 5.41) is 0. The average molecular weight is 692 g/mol. The second-order valence-corrected chi connectivity index (χ2v) is 13.0. The van der Waals surface area contributed by atoms with Crippen LogP contribution in [0.3, 0.4) is 0 Å². The summed E-state index contributed by atoms with van der Waals surface area (Å²) >= 11 is 0. The van der Waals surface area contributed by atoms with E-state index < -0.39 is 0 Å². The fourth-order valence-corrected chi connectivity index (χ4v) is 6.63. The summed E-state index contributed by atoms with van der Waals surface area (Å²) in [5.74, 6) is 0.665. The minimum Gasteiger partial charge on any atom is -0.255 e. The molecule has 0 unspecified atom stereocenters. The predicted molar refractivity (Wildman–Crippen MR) is 219 cm³/mol. The molecule has 5 aromatic carbocycles. The van der Waals surface area contributed by atoms with Gasteiger partial charge in [0.25, 0.3) is 0 Å². The van der Waals surface area contributed by atoms with Crippen LogP contribution >= 0.6 is 0 Å². The Hall–Kier alpha value is -7.37. The highest BCUT2D eigenvalue weighted by atomic mass is 14.9. The summed E-state index contributed by atoms with van der Waals surface area (Å²) in [5.41, 5.74) is 14.3. The molecule has 5 nitrogen and oxygen atoms in total. The Balaban J connectivity index is 1.16. The van der Waals surface area contributed by atoms with Gasteiger partial charge in [-0.15, -0.1) is 0 Å². The van der Waals surface area contributed by atoms with Crippen molar-refractivity contribution >= 4 is 0 Å². The van der Waals surface area contributed by atoms with Gasteiger partial charge in [0, 0.05) is 29.1 Å². The number of benzene rings is 5. The first-order valence-electron chi connectivity index (χ1n) is 17.9. The van der Waals surface area contributed by atoms with Gasteiger partial charge in [0.1, 0.15) is 0 Å². The van der Waals surface area contributed by atoms with Gasteiger partial charge in [0.15, 0.2) is 5.82 Å². The molecular formula is C49H33N5. The number of hydrogen-bond acceptors (Lipinski definition) is 5. The second kappa shape index (κ2) is 14.7. The first kappa shape index (κ1) is 32.5. The van der Waals surface area contributed by atoms with Crippen LogP contribution in [-0.2, 0) is 0 Å². The van der Waals surface area contributed by atoms with Crippen molar-refractivity contribution in [2.24, 2.45) is 0 Å². The van der Waals surface area contributed by atoms with E-state index in [-0.39, 0.29) is 0 Å². The van der Waals surface area contributed by atoms with Crippen LogP contribution in [0.1, 0.15) is 0 Å². The minimum atomic E-state index is 0.665. The van der Waals surface area contributed by atoms with Gasteiger partial charge in [-0.2, -0.15) is 0 Å². The molecule has 254 valence electrons. The van der Waals surface area contributed by atoms with Crippen molar-refractivity contribution < 1.29 is 0 Å². The molecule has 0 saturated carbocycles. The van der Waals surface area contributed by atoms with Gasteiger partial charge in [-0.05, 0) is 94.0 Å². The van der Waals surface area contributed by atoms with E-state index in [1.807, 2.05) is 97.2 Å². The molecule has 4 heterocycles. The Morgan fingerprint density at radius 3 is 1.22 bits per heavy atom. The zero-order chi connectivity index (χ0) is 36.1. The molecule has 0 aliphatic heterocycles. The molecule has 0 atom stereocenters. The Labute approximate surface area is 314 Å². The third-order valence-electron chi connectivity index (χ3n) is 9.38. The number of pyridine rings is 3. The smallest absolute Gasteiger partial charge is 0.160 e. The molecule has 9 aromatic rings. The topological polar surface area (TPSA) is 64.5 Å². The highest BCUT2D eigenvalue weighted by Crippen LogP contribution is 2.36. The summed E-state index contributed by atoms with van der Waals surface area (Å²) < 4.78 is 0. The molecule has 54 heavy (non-hydrogen) atoms. The molecule has 0 bridgehead atoms. The average Bonchev–Trinajstić information content (AvgIpc) is 3.27. The highest BCUT2D eigenvalue weighted by Gasteiger charge is 2.15. The molecule has 0 amide bonds. The third kappa shape index (κ3) is 6.94. The van der Waals surface area contributed by atoms with Crippen LogP contribution in [0.25, 0.3) is 90.1 Å². The maximum atomic E-state index is 5.12. The van der Waals surface area contributed by atoms with E-state index in [2.05, 4.69) is 102 Å². The van der Waals surface area contributed by atoms with E-state index in [1.165, 1.54) is 0 Å². The normalized spacial score (nSPS) is 11.0. The predicted octanol–water partition coefficient (Wildman–Crippen LogP) is 12.0. The molecule has 9 rings (SSSR count). The molecule has 0 spiro atoms. The fraction of sp³-hybridized carbons (Fsp3) is 0. The van der Waals surface area contributed by atoms with Gasteiger partial charge in [-0.3, -0.25) is 9.97 Å². The molecule has 0 fully saturated rings. The number of aromatic nitrogens is 5. The SMILES string of the molecule is c1ccc(-c2cc(-c3ccccc3)cc(-c3cc(-c4ccccn4)nc(-c4ccc(-c5cc(-c6ccccc6)nc(-c6ccccc6)n5)cn4)c3)c2)cc1. The van der Waals surface area contributed by atoms with Gasteiger partial charge < -0.3 is 0 Å². The Morgan fingerprint density at radius 1 is 0.241 bits per heavy atom. The first-order valence-corrected chi connectivity index (χ1v) is 17.9. The van der Waals surface area contributed by atoms with Crippen molar-refractivity contribution in [2.45, 2.75) is 0 Å². The lowest BCUT2D eigenvalue weighted by atomic mass is 9.93. The summed E-state index contributed by atoms with van der Waals surface area (Å²) in [6.45, 7) is 0. The van der Waals surface area contributed by atoms with Gasteiger partial charge in [0.05, 0.1) is 34.2 Å². The van der Waals surface area contributed by atoms with E-state index >= 15 is 0 Å². The van der Waals surface area contributed by atoms with Crippen LogP contribution in [0.15, 0.2) is 200 Å². The van der Waals surface area contributed by atoms with Gasteiger partial charge in [-0.1, -0.05) is 127 Å². The highest BCUT2D eigenvalue weighted by molar-refractivity contribution is 5.84. The van der Waals surface area contributed by atoms with Gasteiger partial charge in [-0.25, -0.2) is 15.0 Å². The quantitative estimate of drug-likeness (QED) is 0.159. The number of nitrogens with zero attached hydrogens (tertiary/aromatic N) is 5. The molecule has 0 radical (unpaired) electrons. The molecule has 0 aliphatic rings. The molecular weight excluding hydrogens is 659 g/mol. The molecule has 0 N–H and O–H groups in total. The largest absolute Gasteiger partial charge is 0.255 e. The van der Waals surface area contributed by atoms with E-state index in [0.29, 0.717) is 5.82 Å². The lowest BCUT2D eigenvalue weighted by Crippen LogP contribution is -1.97. The van der Waals surface area contributed by atoms with Crippen LogP contribution in [0.2, 0.25) is 0 Å². The number of hydrogen-bond donors (Lipinski definition) is 0. The zero-order valence-electron chi connectivity index (χ0n) is 29.3. The van der Waals surface area contributed by atoms with Gasteiger partial charge in [0.2, 0.25) is 0 Å². The Morgan fingerprint density at radius 2 is 0.704 bits per heavy atom. The van der Waals surface area contributed by atoms with Crippen molar-refractivity contribution in [1.82, 2.24) is 24.9 Å². The van der Waals surface area contributed by atoms with Crippen LogP contribution in [-0.4, -0.2) is 24.9 Å². The summed E-state index contributed by atoms with van der Waals surface area (Å²) in [7, 11) is 0. The molecule has 0 saturated heterocycles. The van der Waals surface area contributed by atoms with Crippen molar-refractivity contribution in [3.05, 3.63) is 200 Å². The fourth-order valence-electron chi connectivity index (χ4n) is 6.63. The standard InChI is InChI=1S/C49H33N5/c1-5-15-34(16-6-1)39-27-40(35-17-7-2-8-18-35)29-41(28-39)42-30-47(43-23-13-14-26-50-43)52-48(31-42)44-25-24-38(33-51-44)46-32-45(36-19-9-3-10-20-36)53-49(54-46)37-21-11-4-12-22-37/h1-33H. The molecule has 0 aliphatic carbocycles. The molecule has 5 heteroatoms. The van der Waals surface area contributed by atoms with Crippen LogP contribution in [0.5, 0.6) is 0 Å². The minimum absolute atomic E-state index is 0.665. The van der Waals surface area contributed by atoms with Crippen molar-refractivity contribution in [3.63, 3.8) is 0 Å². The lowest BCUT2D eigenvalue weighted by molar-refractivity contribution is 1.17. The van der Waals surface area contributed by atoms with E-state index in [1.54, 1.807) is 6.20 Å². The molecule has 4 aromatic heterocycles. The lowest BCUT2D eigenvalue weighted by Gasteiger charge is -2.14. The van der Waals surface area contributed by atoms with Crippen molar-refractivity contribution in [2.75, 3.05) is 0 Å². The summed E-state index contributed by atoms with van der Waals surface area (Å²) in [6, 6.07) is 64.3. The summed E-state index contributed by atoms with van der Waals surface area (Å²) in [6.07, 6.45) is 3.68. The van der Waals surface area contributed by atoms with Crippen LogP contribution < -0.4 is 0 Å². The number of rotatable bonds is 8.